The van der Waals surface area contributed by atoms with Gasteiger partial charge in [-0.1, -0.05) is 6.07 Å². The highest BCUT2D eigenvalue weighted by molar-refractivity contribution is 5.52. The van der Waals surface area contributed by atoms with Crippen molar-refractivity contribution < 1.29 is 14.4 Å². The lowest BCUT2D eigenvalue weighted by molar-refractivity contribution is -0.386. The normalized spacial score (nSPS) is 10.0. The third-order valence-electron chi connectivity index (χ3n) is 2.82. The highest BCUT2D eigenvalue weighted by Gasteiger charge is 2.19. The van der Waals surface area contributed by atoms with Gasteiger partial charge < -0.3 is 14.8 Å². The summed E-state index contributed by atoms with van der Waals surface area (Å²) in [7, 11) is 3.18. The average molecular weight is 289 g/mol. The zero-order valence-corrected chi connectivity index (χ0v) is 11.9. The number of pyridine rings is 1. The Kier molecular flexibility index (Phi) is 4.22. The lowest BCUT2D eigenvalue weighted by Crippen LogP contribution is -2.00. The minimum atomic E-state index is -0.539. The largest absolute Gasteiger partial charge is 0.493 e. The monoisotopic (exact) mass is 289 g/mol. The molecule has 0 radical (unpaired) electrons. The van der Waals surface area contributed by atoms with Gasteiger partial charge in [0.1, 0.15) is 5.82 Å². The summed E-state index contributed by atoms with van der Waals surface area (Å²) in [5, 5.41) is 13.9. The van der Waals surface area contributed by atoms with Gasteiger partial charge in [0.15, 0.2) is 11.5 Å². The molecule has 7 heteroatoms. The molecule has 2 rings (SSSR count). The van der Waals surface area contributed by atoms with Crippen LogP contribution in [0.25, 0.3) is 0 Å². The number of aryl methyl sites for hydroxylation is 1. The Hall–Kier alpha value is -2.83. The molecule has 0 saturated heterocycles. The predicted molar refractivity (Wildman–Crippen MR) is 78.2 cm³/mol. The fraction of sp³-hybridized carbons (Fsp3) is 0.214. The van der Waals surface area contributed by atoms with Crippen LogP contribution in [0.15, 0.2) is 30.3 Å². The van der Waals surface area contributed by atoms with Gasteiger partial charge in [-0.2, -0.15) is 4.98 Å². The Labute approximate surface area is 121 Å². The SMILES string of the molecule is CNc1ccc([N+](=O)[O-])c(Oc2ccc(C)cc2OC)n1. The van der Waals surface area contributed by atoms with Crippen molar-refractivity contribution in [1.82, 2.24) is 4.98 Å². The number of nitrogens with zero attached hydrogens (tertiary/aromatic N) is 2. The Balaban J connectivity index is 2.45. The molecule has 7 nitrogen and oxygen atoms in total. The van der Waals surface area contributed by atoms with Crippen molar-refractivity contribution >= 4 is 11.5 Å². The predicted octanol–water partition coefficient (Wildman–Crippen LogP) is 3.14. The highest BCUT2D eigenvalue weighted by atomic mass is 16.6. The molecule has 0 bridgehead atoms. The van der Waals surface area contributed by atoms with Gasteiger partial charge in [-0.3, -0.25) is 10.1 Å². The van der Waals surface area contributed by atoms with E-state index in [1.54, 1.807) is 19.2 Å². The Morgan fingerprint density at radius 2 is 2.00 bits per heavy atom. The summed E-state index contributed by atoms with van der Waals surface area (Å²) < 4.78 is 10.8. The van der Waals surface area contributed by atoms with Crippen LogP contribution in [-0.2, 0) is 0 Å². The molecule has 0 aliphatic rings. The first-order chi connectivity index (χ1) is 10.0. The molecule has 1 aromatic carbocycles. The number of methoxy groups -OCH3 is 1. The van der Waals surface area contributed by atoms with Crippen molar-refractivity contribution in [1.29, 1.82) is 0 Å². The standard InChI is InChI=1S/C14H15N3O4/c1-9-4-6-11(12(8-9)20-3)21-14-10(17(18)19)5-7-13(15-2)16-14/h4-8H,1-3H3,(H,15,16). The summed E-state index contributed by atoms with van der Waals surface area (Å²) in [6.45, 7) is 1.91. The molecular weight excluding hydrogens is 274 g/mol. The van der Waals surface area contributed by atoms with Gasteiger partial charge in [-0.25, -0.2) is 0 Å². The zero-order valence-electron chi connectivity index (χ0n) is 11.9. The summed E-state index contributed by atoms with van der Waals surface area (Å²) in [4.78, 5) is 14.6. The van der Waals surface area contributed by atoms with E-state index in [2.05, 4.69) is 10.3 Å². The van der Waals surface area contributed by atoms with Gasteiger partial charge in [0.05, 0.1) is 12.0 Å². The third kappa shape index (κ3) is 3.19. The lowest BCUT2D eigenvalue weighted by atomic mass is 10.2. The Morgan fingerprint density at radius 1 is 1.24 bits per heavy atom. The maximum absolute atomic E-state index is 11.1. The molecule has 1 heterocycles. The van der Waals surface area contributed by atoms with Crippen LogP contribution < -0.4 is 14.8 Å². The zero-order chi connectivity index (χ0) is 15.4. The van der Waals surface area contributed by atoms with Gasteiger partial charge in [-0.15, -0.1) is 0 Å². The summed E-state index contributed by atoms with van der Waals surface area (Å²) in [5.74, 6) is 1.24. The van der Waals surface area contributed by atoms with Crippen molar-refractivity contribution in [3.05, 3.63) is 46.0 Å². The Bertz CT molecular complexity index is 673. The van der Waals surface area contributed by atoms with Crippen LogP contribution in [0.3, 0.4) is 0 Å². The van der Waals surface area contributed by atoms with E-state index < -0.39 is 4.92 Å². The molecule has 1 N–H and O–H groups in total. The molecular formula is C14H15N3O4. The van der Waals surface area contributed by atoms with Crippen LogP contribution in [0, 0.1) is 17.0 Å². The molecule has 0 spiro atoms. The van der Waals surface area contributed by atoms with Crippen molar-refractivity contribution in [2.75, 3.05) is 19.5 Å². The fourth-order valence-electron chi connectivity index (χ4n) is 1.75. The fourth-order valence-corrected chi connectivity index (χ4v) is 1.75. The molecule has 21 heavy (non-hydrogen) atoms. The minimum absolute atomic E-state index is 0.0889. The van der Waals surface area contributed by atoms with E-state index >= 15 is 0 Å². The smallest absolute Gasteiger partial charge is 0.331 e. The molecule has 0 saturated carbocycles. The maximum Gasteiger partial charge on any atom is 0.331 e. The summed E-state index contributed by atoms with van der Waals surface area (Å²) >= 11 is 0. The van der Waals surface area contributed by atoms with E-state index in [4.69, 9.17) is 9.47 Å². The molecule has 110 valence electrons. The lowest BCUT2D eigenvalue weighted by Gasteiger charge is -2.11. The summed E-state index contributed by atoms with van der Waals surface area (Å²) in [5.41, 5.74) is 0.780. The van der Waals surface area contributed by atoms with Gasteiger partial charge in [-0.05, 0) is 30.7 Å². The second-order valence-corrected chi connectivity index (χ2v) is 4.28. The molecule has 0 atom stereocenters. The molecule has 0 aliphatic heterocycles. The number of rotatable bonds is 5. The van der Waals surface area contributed by atoms with E-state index in [1.807, 2.05) is 13.0 Å². The maximum atomic E-state index is 11.1. The number of nitro groups is 1. The van der Waals surface area contributed by atoms with E-state index in [0.29, 0.717) is 17.3 Å². The number of nitrogens with one attached hydrogen (secondary N) is 1. The van der Waals surface area contributed by atoms with Crippen LogP contribution in [0.2, 0.25) is 0 Å². The number of anilines is 1. The molecule has 0 unspecified atom stereocenters. The molecule has 0 fully saturated rings. The third-order valence-corrected chi connectivity index (χ3v) is 2.82. The topological polar surface area (TPSA) is 86.5 Å². The second kappa shape index (κ2) is 6.08. The van der Waals surface area contributed by atoms with E-state index in [0.717, 1.165) is 5.56 Å². The van der Waals surface area contributed by atoms with Crippen LogP contribution in [0.5, 0.6) is 17.4 Å². The first kappa shape index (κ1) is 14.6. The van der Waals surface area contributed by atoms with E-state index in [-0.39, 0.29) is 11.6 Å². The van der Waals surface area contributed by atoms with Gasteiger partial charge in [0, 0.05) is 13.1 Å². The van der Waals surface area contributed by atoms with Crippen molar-refractivity contribution in [3.8, 4) is 17.4 Å². The first-order valence-electron chi connectivity index (χ1n) is 6.21. The quantitative estimate of drug-likeness (QED) is 0.672. The van der Waals surface area contributed by atoms with Gasteiger partial charge in [0.2, 0.25) is 0 Å². The van der Waals surface area contributed by atoms with Crippen LogP contribution in [0.1, 0.15) is 5.56 Å². The van der Waals surface area contributed by atoms with Crippen molar-refractivity contribution in [2.45, 2.75) is 6.92 Å². The molecule has 1 aromatic heterocycles. The second-order valence-electron chi connectivity index (χ2n) is 4.28. The number of ether oxygens (including phenoxy) is 2. The number of hydrogen-bond acceptors (Lipinski definition) is 6. The van der Waals surface area contributed by atoms with E-state index in [9.17, 15) is 10.1 Å². The highest BCUT2D eigenvalue weighted by Crippen LogP contribution is 2.35. The average Bonchev–Trinajstić information content (AvgIpc) is 2.48. The summed E-state index contributed by atoms with van der Waals surface area (Å²) in [6.07, 6.45) is 0. The molecule has 2 aromatic rings. The van der Waals surface area contributed by atoms with Crippen molar-refractivity contribution in [3.63, 3.8) is 0 Å². The minimum Gasteiger partial charge on any atom is -0.493 e. The number of aromatic nitrogens is 1. The summed E-state index contributed by atoms with van der Waals surface area (Å²) in [6, 6.07) is 8.15. The van der Waals surface area contributed by atoms with Gasteiger partial charge >= 0.3 is 11.6 Å². The number of benzene rings is 1. The first-order valence-corrected chi connectivity index (χ1v) is 6.21. The van der Waals surface area contributed by atoms with Gasteiger partial charge in [0.25, 0.3) is 0 Å². The molecule has 0 amide bonds. The Morgan fingerprint density at radius 3 is 2.62 bits per heavy atom. The van der Waals surface area contributed by atoms with Crippen LogP contribution >= 0.6 is 0 Å². The van der Waals surface area contributed by atoms with Crippen LogP contribution in [-0.4, -0.2) is 24.1 Å². The van der Waals surface area contributed by atoms with Crippen molar-refractivity contribution in [2.24, 2.45) is 0 Å². The van der Waals surface area contributed by atoms with Crippen LogP contribution in [0.4, 0.5) is 11.5 Å². The number of hydrogen-bond donors (Lipinski definition) is 1. The van der Waals surface area contributed by atoms with E-state index in [1.165, 1.54) is 19.2 Å². The molecule has 0 aliphatic carbocycles.